The number of piperazine rings is 1. The second-order valence-electron chi connectivity index (χ2n) is 8.12. The maximum Gasteiger partial charge on any atom is 0.234 e. The van der Waals surface area contributed by atoms with Crippen LogP contribution < -0.4 is 10.1 Å². The molecule has 8 nitrogen and oxygen atoms in total. The molecule has 0 aliphatic carbocycles. The largest absolute Gasteiger partial charge is 0.493 e. The van der Waals surface area contributed by atoms with Gasteiger partial charge in [-0.3, -0.25) is 19.3 Å². The highest BCUT2D eigenvalue weighted by atomic mass is 16.5. The van der Waals surface area contributed by atoms with Crippen LogP contribution in [-0.2, 0) is 14.4 Å². The van der Waals surface area contributed by atoms with Crippen molar-refractivity contribution in [1.29, 1.82) is 0 Å². The van der Waals surface area contributed by atoms with Crippen LogP contribution in [0.25, 0.3) is 0 Å². The third-order valence-electron chi connectivity index (χ3n) is 5.95. The first-order valence-electron chi connectivity index (χ1n) is 11.3. The zero-order valence-corrected chi connectivity index (χ0v) is 18.4. The van der Waals surface area contributed by atoms with Crippen molar-refractivity contribution in [2.75, 3.05) is 59.0 Å². The van der Waals surface area contributed by atoms with Gasteiger partial charge < -0.3 is 19.9 Å². The molecule has 0 saturated carbocycles. The Hall–Kier alpha value is -2.61. The third kappa shape index (κ3) is 6.95. The van der Waals surface area contributed by atoms with Gasteiger partial charge in [0.1, 0.15) is 5.75 Å². The van der Waals surface area contributed by atoms with Crippen molar-refractivity contribution in [2.24, 2.45) is 5.92 Å². The Kier molecular flexibility index (Phi) is 8.70. The fraction of sp³-hybridized carbons (Fsp3) is 0.609. The number of hydrogen-bond donors (Lipinski definition) is 1. The summed E-state index contributed by atoms with van der Waals surface area (Å²) in [5.74, 6) is 1.07. The van der Waals surface area contributed by atoms with E-state index in [1.165, 1.54) is 0 Å². The number of nitrogens with one attached hydrogen (secondary N) is 1. The van der Waals surface area contributed by atoms with E-state index in [0.29, 0.717) is 65.1 Å². The van der Waals surface area contributed by atoms with E-state index in [4.69, 9.17) is 4.74 Å². The number of ether oxygens (including phenoxy) is 1. The molecular formula is C23H34N4O4. The van der Waals surface area contributed by atoms with Gasteiger partial charge in [-0.05, 0) is 31.9 Å². The molecule has 0 bridgehead atoms. The van der Waals surface area contributed by atoms with Crippen molar-refractivity contribution < 1.29 is 19.1 Å². The van der Waals surface area contributed by atoms with Crippen molar-refractivity contribution in [3.8, 4) is 5.75 Å². The van der Waals surface area contributed by atoms with Crippen molar-refractivity contribution in [3.05, 3.63) is 30.3 Å². The monoisotopic (exact) mass is 430 g/mol. The molecule has 1 aromatic rings. The molecule has 3 amide bonds. The van der Waals surface area contributed by atoms with Crippen LogP contribution in [-0.4, -0.2) is 91.4 Å². The molecule has 0 unspecified atom stereocenters. The SMILES string of the molecule is CCNC(=O)CN1CCN(C(=O)C2CCN(C(=O)CCOc3ccccc3)CC2)CC1. The van der Waals surface area contributed by atoms with Crippen LogP contribution in [0, 0.1) is 5.92 Å². The molecular weight excluding hydrogens is 396 g/mol. The number of likely N-dealkylation sites (tertiary alicyclic amines) is 1. The van der Waals surface area contributed by atoms with E-state index in [2.05, 4.69) is 10.2 Å². The maximum atomic E-state index is 12.9. The number of amides is 3. The summed E-state index contributed by atoms with van der Waals surface area (Å²) in [6.45, 7) is 7.32. The van der Waals surface area contributed by atoms with Crippen LogP contribution in [0.2, 0.25) is 0 Å². The first kappa shape index (κ1) is 23.1. The Morgan fingerprint density at radius 1 is 0.968 bits per heavy atom. The lowest BCUT2D eigenvalue weighted by Crippen LogP contribution is -2.53. The average Bonchev–Trinajstić information content (AvgIpc) is 2.80. The fourth-order valence-corrected chi connectivity index (χ4v) is 4.15. The number of hydrogen-bond acceptors (Lipinski definition) is 5. The average molecular weight is 431 g/mol. The van der Waals surface area contributed by atoms with Crippen LogP contribution in [0.15, 0.2) is 30.3 Å². The molecule has 0 spiro atoms. The van der Waals surface area contributed by atoms with Gasteiger partial charge in [-0.25, -0.2) is 0 Å². The minimum absolute atomic E-state index is 0.0143. The summed E-state index contributed by atoms with van der Waals surface area (Å²) in [7, 11) is 0. The quantitative estimate of drug-likeness (QED) is 0.665. The zero-order chi connectivity index (χ0) is 22.1. The van der Waals surface area contributed by atoms with Gasteiger partial charge in [0.25, 0.3) is 0 Å². The van der Waals surface area contributed by atoms with E-state index < -0.39 is 0 Å². The smallest absolute Gasteiger partial charge is 0.234 e. The number of rotatable bonds is 8. The number of carbonyl (C=O) groups is 3. The van der Waals surface area contributed by atoms with E-state index in [9.17, 15) is 14.4 Å². The molecule has 2 heterocycles. The number of likely N-dealkylation sites (N-methyl/N-ethyl adjacent to an activating group) is 1. The van der Waals surface area contributed by atoms with E-state index in [1.54, 1.807) is 0 Å². The normalized spacial score (nSPS) is 18.0. The van der Waals surface area contributed by atoms with Gasteiger partial charge in [0.05, 0.1) is 19.6 Å². The van der Waals surface area contributed by atoms with Gasteiger partial charge in [0.2, 0.25) is 17.7 Å². The lowest BCUT2D eigenvalue weighted by Gasteiger charge is -2.38. The van der Waals surface area contributed by atoms with Crippen LogP contribution in [0.5, 0.6) is 5.75 Å². The van der Waals surface area contributed by atoms with Gasteiger partial charge in [-0.15, -0.1) is 0 Å². The molecule has 3 rings (SSSR count). The van der Waals surface area contributed by atoms with Crippen LogP contribution in [0.1, 0.15) is 26.2 Å². The van der Waals surface area contributed by atoms with Gasteiger partial charge in [-0.2, -0.15) is 0 Å². The topological polar surface area (TPSA) is 82.2 Å². The summed E-state index contributed by atoms with van der Waals surface area (Å²) >= 11 is 0. The van der Waals surface area contributed by atoms with Crippen molar-refractivity contribution in [1.82, 2.24) is 20.0 Å². The second-order valence-corrected chi connectivity index (χ2v) is 8.12. The molecule has 0 atom stereocenters. The summed E-state index contributed by atoms with van der Waals surface area (Å²) < 4.78 is 5.62. The molecule has 31 heavy (non-hydrogen) atoms. The molecule has 2 aliphatic rings. The number of nitrogens with zero attached hydrogens (tertiary/aromatic N) is 3. The highest BCUT2D eigenvalue weighted by molar-refractivity contribution is 5.80. The van der Waals surface area contributed by atoms with E-state index in [0.717, 1.165) is 18.8 Å². The minimum Gasteiger partial charge on any atom is -0.493 e. The van der Waals surface area contributed by atoms with Gasteiger partial charge in [-0.1, -0.05) is 18.2 Å². The Bertz CT molecular complexity index is 726. The Morgan fingerprint density at radius 2 is 1.65 bits per heavy atom. The minimum atomic E-state index is -0.0143. The lowest BCUT2D eigenvalue weighted by atomic mass is 9.94. The van der Waals surface area contributed by atoms with E-state index in [-0.39, 0.29) is 23.6 Å². The van der Waals surface area contributed by atoms with Crippen LogP contribution in [0.3, 0.4) is 0 Å². The fourth-order valence-electron chi connectivity index (χ4n) is 4.15. The number of benzene rings is 1. The maximum absolute atomic E-state index is 12.9. The summed E-state index contributed by atoms with van der Waals surface area (Å²) in [6.07, 6.45) is 1.77. The molecule has 1 N–H and O–H groups in total. The van der Waals surface area contributed by atoms with Gasteiger partial charge in [0.15, 0.2) is 0 Å². The Morgan fingerprint density at radius 3 is 2.29 bits per heavy atom. The van der Waals surface area contributed by atoms with Crippen molar-refractivity contribution in [3.63, 3.8) is 0 Å². The predicted octanol–water partition coefficient (Wildman–Crippen LogP) is 0.974. The number of carbonyl (C=O) groups excluding carboxylic acids is 3. The third-order valence-corrected chi connectivity index (χ3v) is 5.95. The lowest BCUT2D eigenvalue weighted by molar-refractivity contribution is -0.142. The number of para-hydroxylation sites is 1. The van der Waals surface area contributed by atoms with E-state index in [1.807, 2.05) is 47.1 Å². The van der Waals surface area contributed by atoms with Gasteiger partial charge >= 0.3 is 0 Å². The molecule has 2 saturated heterocycles. The first-order chi connectivity index (χ1) is 15.1. The molecule has 8 heteroatoms. The summed E-state index contributed by atoms with van der Waals surface area (Å²) in [5, 5.41) is 2.81. The highest BCUT2D eigenvalue weighted by Gasteiger charge is 2.31. The predicted molar refractivity (Wildman–Crippen MR) is 118 cm³/mol. The Labute approximate surface area is 184 Å². The van der Waals surface area contributed by atoms with Gasteiger partial charge in [0, 0.05) is 51.7 Å². The summed E-state index contributed by atoms with van der Waals surface area (Å²) in [4.78, 5) is 42.9. The molecule has 2 fully saturated rings. The standard InChI is InChI=1S/C23H34N4O4/c1-2-24-21(28)18-25-13-15-27(16-14-25)23(30)19-8-11-26(12-9-19)22(29)10-17-31-20-6-4-3-5-7-20/h3-7,19H,2,8-18H2,1H3,(H,24,28). The second kappa shape index (κ2) is 11.7. The van der Waals surface area contributed by atoms with E-state index >= 15 is 0 Å². The zero-order valence-electron chi connectivity index (χ0n) is 18.4. The summed E-state index contributed by atoms with van der Waals surface area (Å²) in [5.41, 5.74) is 0. The highest BCUT2D eigenvalue weighted by Crippen LogP contribution is 2.21. The molecule has 2 aliphatic heterocycles. The van der Waals surface area contributed by atoms with Crippen molar-refractivity contribution >= 4 is 17.7 Å². The molecule has 0 radical (unpaired) electrons. The first-order valence-corrected chi connectivity index (χ1v) is 11.3. The number of piperidine rings is 1. The van der Waals surface area contributed by atoms with Crippen LogP contribution in [0.4, 0.5) is 0 Å². The summed E-state index contributed by atoms with van der Waals surface area (Å²) in [6, 6.07) is 9.49. The molecule has 1 aromatic carbocycles. The molecule has 170 valence electrons. The van der Waals surface area contributed by atoms with Crippen molar-refractivity contribution in [2.45, 2.75) is 26.2 Å². The molecule has 0 aromatic heterocycles. The Balaban J connectivity index is 1.34. The van der Waals surface area contributed by atoms with Crippen LogP contribution >= 0.6 is 0 Å².